The fraction of sp³-hybridized carbons (Fsp3) is 0.250. The highest BCUT2D eigenvalue weighted by molar-refractivity contribution is 5.71. The topological polar surface area (TPSA) is 36.9 Å². The highest BCUT2D eigenvalue weighted by Crippen LogP contribution is 1.97. The average molecular weight is 131 g/mol. The molecule has 50 valence electrons. The SMILES string of the molecule is CON1N=CC=C(F)N1. The lowest BCUT2D eigenvalue weighted by molar-refractivity contribution is -0.168. The van der Waals surface area contributed by atoms with Crippen LogP contribution >= 0.6 is 0 Å². The second kappa shape index (κ2) is 2.45. The standard InChI is InChI=1S/C4H6FN3O/c1-9-8-6-3-2-4(5)7-8/h2-3,7H,1H3. The van der Waals surface area contributed by atoms with E-state index in [1.807, 2.05) is 0 Å². The molecular formula is C4H6FN3O. The second-order valence-corrected chi connectivity index (χ2v) is 1.35. The van der Waals surface area contributed by atoms with Gasteiger partial charge in [-0.1, -0.05) is 5.28 Å². The predicted molar refractivity (Wildman–Crippen MR) is 29.7 cm³/mol. The molecule has 1 rings (SSSR count). The van der Waals surface area contributed by atoms with Gasteiger partial charge >= 0.3 is 0 Å². The normalized spacial score (nSPS) is 17.1. The molecule has 0 bridgehead atoms. The summed E-state index contributed by atoms with van der Waals surface area (Å²) in [5, 5.41) is 4.47. The average Bonchev–Trinajstić information content (AvgIpc) is 1.88. The van der Waals surface area contributed by atoms with Gasteiger partial charge < -0.3 is 0 Å². The van der Waals surface area contributed by atoms with E-state index in [0.717, 1.165) is 5.28 Å². The molecule has 1 aliphatic heterocycles. The maximum Gasteiger partial charge on any atom is 0.210 e. The summed E-state index contributed by atoms with van der Waals surface area (Å²) in [6, 6.07) is 0. The zero-order chi connectivity index (χ0) is 6.69. The minimum absolute atomic E-state index is 0.494. The molecule has 0 saturated heterocycles. The largest absolute Gasteiger partial charge is 0.241 e. The van der Waals surface area contributed by atoms with Gasteiger partial charge in [0.25, 0.3) is 0 Å². The summed E-state index contributed by atoms with van der Waals surface area (Å²) in [6.07, 6.45) is 2.48. The zero-order valence-corrected chi connectivity index (χ0v) is 4.84. The van der Waals surface area contributed by atoms with E-state index in [-0.39, 0.29) is 0 Å². The van der Waals surface area contributed by atoms with Crippen LogP contribution in [-0.4, -0.2) is 18.6 Å². The lowest BCUT2D eigenvalue weighted by Crippen LogP contribution is -2.32. The molecule has 0 unspecified atom stereocenters. The van der Waals surface area contributed by atoms with Crippen molar-refractivity contribution in [3.05, 3.63) is 12.0 Å². The number of hydrazine groups is 1. The van der Waals surface area contributed by atoms with E-state index in [1.54, 1.807) is 0 Å². The third-order valence-electron chi connectivity index (χ3n) is 0.768. The van der Waals surface area contributed by atoms with Gasteiger partial charge in [-0.05, 0) is 0 Å². The number of allylic oxidation sites excluding steroid dienone is 1. The fourth-order valence-electron chi connectivity index (χ4n) is 0.410. The molecule has 0 atom stereocenters. The van der Waals surface area contributed by atoms with Gasteiger partial charge in [0.2, 0.25) is 5.95 Å². The predicted octanol–water partition coefficient (Wildman–Crippen LogP) is 0.165. The van der Waals surface area contributed by atoms with Gasteiger partial charge in [-0.15, -0.1) is 5.10 Å². The smallest absolute Gasteiger partial charge is 0.210 e. The van der Waals surface area contributed by atoms with Gasteiger partial charge in [0.05, 0.1) is 13.3 Å². The first-order valence-electron chi connectivity index (χ1n) is 2.33. The van der Waals surface area contributed by atoms with Crippen LogP contribution in [0.4, 0.5) is 4.39 Å². The van der Waals surface area contributed by atoms with Crippen LogP contribution in [0.15, 0.2) is 17.1 Å². The Bertz CT molecular complexity index is 156. The summed E-state index contributed by atoms with van der Waals surface area (Å²) < 4.78 is 12.2. The summed E-state index contributed by atoms with van der Waals surface area (Å²) in [4.78, 5) is 4.50. The number of hydrogen-bond acceptors (Lipinski definition) is 4. The van der Waals surface area contributed by atoms with Crippen LogP contribution in [0.5, 0.6) is 0 Å². The number of nitrogens with one attached hydrogen (secondary N) is 1. The molecule has 1 N–H and O–H groups in total. The Balaban J connectivity index is 2.51. The summed E-state index contributed by atoms with van der Waals surface area (Å²) in [5.74, 6) is -0.494. The summed E-state index contributed by atoms with van der Waals surface area (Å²) in [6.45, 7) is 0. The van der Waals surface area contributed by atoms with Crippen molar-refractivity contribution in [1.82, 2.24) is 10.7 Å². The van der Waals surface area contributed by atoms with Crippen molar-refractivity contribution in [2.24, 2.45) is 5.10 Å². The van der Waals surface area contributed by atoms with Crippen molar-refractivity contribution in [3.63, 3.8) is 0 Å². The van der Waals surface area contributed by atoms with E-state index >= 15 is 0 Å². The van der Waals surface area contributed by atoms with Crippen molar-refractivity contribution >= 4 is 6.21 Å². The molecule has 9 heavy (non-hydrogen) atoms. The van der Waals surface area contributed by atoms with Gasteiger partial charge in [0.15, 0.2) is 0 Å². The zero-order valence-electron chi connectivity index (χ0n) is 4.84. The highest BCUT2D eigenvalue weighted by Gasteiger charge is 2.02. The van der Waals surface area contributed by atoms with Crippen LogP contribution in [0.25, 0.3) is 0 Å². The number of nitrogens with zero attached hydrogens (tertiary/aromatic N) is 2. The molecule has 0 spiro atoms. The monoisotopic (exact) mass is 131 g/mol. The van der Waals surface area contributed by atoms with Crippen molar-refractivity contribution < 1.29 is 9.23 Å². The van der Waals surface area contributed by atoms with Crippen LogP contribution in [0.3, 0.4) is 0 Å². The summed E-state index contributed by atoms with van der Waals surface area (Å²) >= 11 is 0. The third kappa shape index (κ3) is 1.39. The van der Waals surface area contributed by atoms with Crippen LogP contribution in [-0.2, 0) is 4.84 Å². The molecule has 0 fully saturated rings. The number of hydrazone groups is 1. The van der Waals surface area contributed by atoms with Crippen LogP contribution in [0.2, 0.25) is 0 Å². The molecule has 0 aromatic carbocycles. The van der Waals surface area contributed by atoms with Crippen LogP contribution < -0.4 is 5.43 Å². The molecule has 1 aliphatic rings. The Labute approximate surface area is 51.5 Å². The molecule has 4 nitrogen and oxygen atoms in total. The summed E-state index contributed by atoms with van der Waals surface area (Å²) in [5.41, 5.74) is 2.17. The van der Waals surface area contributed by atoms with E-state index in [9.17, 15) is 4.39 Å². The fourth-order valence-corrected chi connectivity index (χ4v) is 0.410. The molecule has 0 saturated carbocycles. The molecule has 0 aliphatic carbocycles. The minimum Gasteiger partial charge on any atom is -0.241 e. The van der Waals surface area contributed by atoms with Gasteiger partial charge in [-0.2, -0.15) is 4.39 Å². The van der Waals surface area contributed by atoms with E-state index < -0.39 is 5.95 Å². The van der Waals surface area contributed by atoms with Gasteiger partial charge in [0, 0.05) is 6.08 Å². The Morgan fingerprint density at radius 2 is 2.67 bits per heavy atom. The van der Waals surface area contributed by atoms with Crippen LogP contribution in [0.1, 0.15) is 0 Å². The number of hydrogen-bond donors (Lipinski definition) is 1. The molecule has 0 aromatic heterocycles. The quantitative estimate of drug-likeness (QED) is 0.515. The summed E-state index contributed by atoms with van der Waals surface area (Å²) in [7, 11) is 1.38. The molecule has 5 heteroatoms. The Morgan fingerprint density at radius 3 is 3.11 bits per heavy atom. The van der Waals surface area contributed by atoms with E-state index in [1.165, 1.54) is 19.4 Å². The minimum atomic E-state index is -0.494. The first-order valence-corrected chi connectivity index (χ1v) is 2.33. The van der Waals surface area contributed by atoms with Gasteiger partial charge in [-0.3, -0.25) is 0 Å². The Morgan fingerprint density at radius 1 is 1.89 bits per heavy atom. The van der Waals surface area contributed by atoms with E-state index in [0.29, 0.717) is 0 Å². The van der Waals surface area contributed by atoms with Gasteiger partial charge in [0.1, 0.15) is 0 Å². The lowest BCUT2D eigenvalue weighted by Gasteiger charge is -2.17. The number of rotatable bonds is 1. The third-order valence-corrected chi connectivity index (χ3v) is 0.768. The van der Waals surface area contributed by atoms with Crippen molar-refractivity contribution in [1.29, 1.82) is 0 Å². The van der Waals surface area contributed by atoms with Crippen molar-refractivity contribution in [3.8, 4) is 0 Å². The van der Waals surface area contributed by atoms with Crippen molar-refractivity contribution in [2.45, 2.75) is 0 Å². The van der Waals surface area contributed by atoms with E-state index in [2.05, 4.69) is 15.4 Å². The van der Waals surface area contributed by atoms with Crippen LogP contribution in [0, 0.1) is 0 Å². The molecule has 0 aromatic rings. The van der Waals surface area contributed by atoms with Gasteiger partial charge in [-0.25, -0.2) is 10.3 Å². The lowest BCUT2D eigenvalue weighted by atomic mass is 10.6. The maximum atomic E-state index is 12.2. The molecule has 1 heterocycles. The highest BCUT2D eigenvalue weighted by atomic mass is 19.1. The molecule has 0 amide bonds. The Hall–Kier alpha value is -1.10. The maximum absolute atomic E-state index is 12.2. The molecule has 0 radical (unpaired) electrons. The first kappa shape index (κ1) is 6.03. The van der Waals surface area contributed by atoms with E-state index in [4.69, 9.17) is 0 Å². The Kier molecular flexibility index (Phi) is 1.64. The first-order chi connectivity index (χ1) is 4.33. The number of halogens is 1. The second-order valence-electron chi connectivity index (χ2n) is 1.35. The molecular weight excluding hydrogens is 125 g/mol. The van der Waals surface area contributed by atoms with Crippen molar-refractivity contribution in [2.75, 3.05) is 7.11 Å².